The summed E-state index contributed by atoms with van der Waals surface area (Å²) in [5, 5.41) is 6.05. The van der Waals surface area contributed by atoms with Crippen LogP contribution in [0.5, 0.6) is 5.75 Å². The maximum atomic E-state index is 12.6. The van der Waals surface area contributed by atoms with Gasteiger partial charge in [-0.15, -0.1) is 0 Å². The molecule has 0 aliphatic carbocycles. The second-order valence-electron chi connectivity index (χ2n) is 8.15. The summed E-state index contributed by atoms with van der Waals surface area (Å²) >= 11 is 0. The average Bonchev–Trinajstić information content (AvgIpc) is 3.20. The predicted molar refractivity (Wildman–Crippen MR) is 120 cm³/mol. The van der Waals surface area contributed by atoms with E-state index in [1.807, 2.05) is 13.0 Å². The fourth-order valence-electron chi connectivity index (χ4n) is 4.02. The minimum atomic E-state index is -0.103. The van der Waals surface area contributed by atoms with Crippen molar-refractivity contribution in [2.24, 2.45) is 0 Å². The first-order valence-electron chi connectivity index (χ1n) is 11.0. The van der Waals surface area contributed by atoms with Gasteiger partial charge in [-0.2, -0.15) is 0 Å². The molecule has 2 amide bonds. The molecule has 7 nitrogen and oxygen atoms in total. The van der Waals surface area contributed by atoms with Crippen molar-refractivity contribution in [3.63, 3.8) is 0 Å². The molecule has 0 aromatic heterocycles. The van der Waals surface area contributed by atoms with Crippen LogP contribution in [-0.4, -0.2) is 57.7 Å². The van der Waals surface area contributed by atoms with Crippen LogP contribution in [0.1, 0.15) is 18.9 Å². The van der Waals surface area contributed by atoms with Crippen molar-refractivity contribution >= 4 is 17.5 Å². The van der Waals surface area contributed by atoms with Crippen LogP contribution in [0.4, 0.5) is 5.69 Å². The molecule has 1 aliphatic rings. The maximum Gasteiger partial charge on any atom is 0.279 e. The van der Waals surface area contributed by atoms with Gasteiger partial charge in [0.05, 0.1) is 32.8 Å². The molecule has 31 heavy (non-hydrogen) atoms. The van der Waals surface area contributed by atoms with E-state index in [-0.39, 0.29) is 24.4 Å². The third-order valence-electron chi connectivity index (χ3n) is 5.74. The third kappa shape index (κ3) is 7.38. The van der Waals surface area contributed by atoms with Gasteiger partial charge in [-0.1, -0.05) is 30.3 Å². The number of likely N-dealkylation sites (N-methyl/N-ethyl adjacent to an activating group) is 1. The largest absolute Gasteiger partial charge is 0.497 e. The van der Waals surface area contributed by atoms with Crippen LogP contribution >= 0.6 is 0 Å². The Bertz CT molecular complexity index is 842. The zero-order valence-electron chi connectivity index (χ0n) is 18.4. The predicted octanol–water partition coefficient (Wildman–Crippen LogP) is -0.488. The highest BCUT2D eigenvalue weighted by molar-refractivity contribution is 5.91. The quantitative estimate of drug-likeness (QED) is 0.414. The van der Waals surface area contributed by atoms with Crippen molar-refractivity contribution in [1.29, 1.82) is 0 Å². The average molecular weight is 427 g/mol. The van der Waals surface area contributed by atoms with Gasteiger partial charge in [-0.05, 0) is 31.2 Å². The maximum absolute atomic E-state index is 12.6. The molecule has 3 rings (SSSR count). The van der Waals surface area contributed by atoms with Crippen LogP contribution in [0.2, 0.25) is 0 Å². The third-order valence-corrected chi connectivity index (χ3v) is 5.74. The molecule has 0 bridgehead atoms. The molecular formula is C24H34N4O3+2. The molecule has 0 radical (unpaired) electrons. The number of anilines is 1. The Morgan fingerprint density at radius 1 is 1.06 bits per heavy atom. The fourth-order valence-corrected chi connectivity index (χ4v) is 4.02. The summed E-state index contributed by atoms with van der Waals surface area (Å²) < 4.78 is 5.13. The summed E-state index contributed by atoms with van der Waals surface area (Å²) in [6.07, 6.45) is 0.993. The molecule has 2 unspecified atom stereocenters. The highest BCUT2D eigenvalue weighted by atomic mass is 16.5. The number of carbonyl (C=O) groups excluding carboxylic acids is 2. The van der Waals surface area contributed by atoms with Gasteiger partial charge in [-0.3, -0.25) is 9.59 Å². The molecule has 7 heteroatoms. The monoisotopic (exact) mass is 426 g/mol. The minimum Gasteiger partial charge on any atom is -0.497 e. The van der Waals surface area contributed by atoms with Crippen molar-refractivity contribution in [1.82, 2.24) is 5.32 Å². The first kappa shape index (κ1) is 22.8. The smallest absolute Gasteiger partial charge is 0.279 e. The van der Waals surface area contributed by atoms with Gasteiger partial charge >= 0.3 is 0 Å². The van der Waals surface area contributed by atoms with Crippen molar-refractivity contribution in [2.75, 3.05) is 45.2 Å². The molecular weight excluding hydrogens is 392 g/mol. The summed E-state index contributed by atoms with van der Waals surface area (Å²) in [5.74, 6) is 0.654. The summed E-state index contributed by atoms with van der Waals surface area (Å²) in [4.78, 5) is 27.4. The molecule has 0 spiro atoms. The molecule has 4 N–H and O–H groups in total. The molecule has 2 aromatic carbocycles. The number of hydrogen-bond donors (Lipinski definition) is 4. The topological polar surface area (TPSA) is 76.3 Å². The summed E-state index contributed by atoms with van der Waals surface area (Å²) in [5.41, 5.74) is 2.05. The van der Waals surface area contributed by atoms with Crippen LogP contribution in [0, 0.1) is 0 Å². The van der Waals surface area contributed by atoms with Gasteiger partial charge in [-0.25, -0.2) is 0 Å². The number of hydrogen-bond acceptors (Lipinski definition) is 3. The van der Waals surface area contributed by atoms with Crippen molar-refractivity contribution in [3.8, 4) is 5.75 Å². The normalized spacial score (nSPS) is 18.9. The SMILES string of the molecule is CC[NH+](CC(=O)Nc1ccc(OC)cc1)CC(=O)N[C@@H]1CC[NH+](Cc2ccccc2)C1. The van der Waals surface area contributed by atoms with Crippen LogP contribution in [-0.2, 0) is 16.1 Å². The zero-order valence-corrected chi connectivity index (χ0v) is 18.4. The second kappa shape index (κ2) is 11.5. The van der Waals surface area contributed by atoms with E-state index < -0.39 is 0 Å². The van der Waals surface area contributed by atoms with Gasteiger partial charge in [0, 0.05) is 17.7 Å². The second-order valence-corrected chi connectivity index (χ2v) is 8.15. The number of nitrogens with one attached hydrogen (secondary N) is 4. The Kier molecular flexibility index (Phi) is 8.44. The fraction of sp³-hybridized carbons (Fsp3) is 0.417. The van der Waals surface area contributed by atoms with Gasteiger partial charge in [0.1, 0.15) is 12.3 Å². The van der Waals surface area contributed by atoms with E-state index in [1.54, 1.807) is 31.4 Å². The van der Waals surface area contributed by atoms with Crippen LogP contribution in [0.15, 0.2) is 54.6 Å². The Morgan fingerprint density at radius 2 is 1.77 bits per heavy atom. The lowest BCUT2D eigenvalue weighted by Crippen LogP contribution is -3.14. The lowest BCUT2D eigenvalue weighted by Gasteiger charge is -2.18. The number of likely N-dealkylation sites (tertiary alicyclic amines) is 1. The lowest BCUT2D eigenvalue weighted by atomic mass is 10.2. The number of quaternary nitrogens is 2. The minimum absolute atomic E-state index is 0.0139. The van der Waals surface area contributed by atoms with Gasteiger partial charge in [0.25, 0.3) is 11.8 Å². The Hall–Kier alpha value is -2.90. The van der Waals surface area contributed by atoms with Crippen molar-refractivity contribution in [3.05, 3.63) is 60.2 Å². The molecule has 3 atom stereocenters. The number of carbonyl (C=O) groups is 2. The molecule has 1 heterocycles. The summed E-state index contributed by atoms with van der Waals surface area (Å²) in [6.45, 7) is 6.26. The van der Waals surface area contributed by atoms with Gasteiger partial charge in [0.15, 0.2) is 13.1 Å². The van der Waals surface area contributed by atoms with E-state index >= 15 is 0 Å². The summed E-state index contributed by atoms with van der Waals surface area (Å²) in [6, 6.07) is 17.9. The zero-order chi connectivity index (χ0) is 22.1. The van der Waals surface area contributed by atoms with Crippen molar-refractivity contribution in [2.45, 2.75) is 25.9 Å². The lowest BCUT2D eigenvalue weighted by molar-refractivity contribution is -0.901. The summed E-state index contributed by atoms with van der Waals surface area (Å²) in [7, 11) is 1.61. The van der Waals surface area contributed by atoms with E-state index in [0.29, 0.717) is 13.1 Å². The number of ether oxygens (including phenoxy) is 1. The van der Waals surface area contributed by atoms with E-state index in [1.165, 1.54) is 10.5 Å². The van der Waals surface area contributed by atoms with Gasteiger partial charge in [0.2, 0.25) is 0 Å². The van der Waals surface area contributed by atoms with Crippen LogP contribution in [0.25, 0.3) is 0 Å². The van der Waals surface area contributed by atoms with Crippen LogP contribution in [0.3, 0.4) is 0 Å². The van der Waals surface area contributed by atoms with Crippen LogP contribution < -0.4 is 25.2 Å². The highest BCUT2D eigenvalue weighted by Gasteiger charge is 2.28. The number of amides is 2. The molecule has 1 aliphatic heterocycles. The molecule has 2 aromatic rings. The van der Waals surface area contributed by atoms with E-state index in [2.05, 4.69) is 34.9 Å². The van der Waals surface area contributed by atoms with Crippen molar-refractivity contribution < 1.29 is 24.1 Å². The number of methoxy groups -OCH3 is 1. The Morgan fingerprint density at radius 3 is 2.45 bits per heavy atom. The molecule has 166 valence electrons. The Labute approximate surface area is 184 Å². The van der Waals surface area contributed by atoms with E-state index in [4.69, 9.17) is 4.74 Å². The standard InChI is InChI=1S/C24H32N4O3/c1-3-27(17-23(29)25-20-9-11-22(31-2)12-10-20)18-24(30)26-21-13-14-28(16-21)15-19-7-5-4-6-8-19/h4-12,21H,3,13-18H2,1-2H3,(H,25,29)(H,26,30)/p+2/t21-/m1/s1. The first-order valence-corrected chi connectivity index (χ1v) is 11.0. The van der Waals surface area contributed by atoms with Gasteiger partial charge < -0.3 is 25.2 Å². The molecule has 1 fully saturated rings. The van der Waals surface area contributed by atoms with E-state index in [9.17, 15) is 9.59 Å². The van der Waals surface area contributed by atoms with E-state index in [0.717, 1.165) is 42.4 Å². The Balaban J connectivity index is 1.40. The first-order chi connectivity index (χ1) is 15.1. The molecule has 1 saturated heterocycles. The molecule has 0 saturated carbocycles. The number of benzene rings is 2. The highest BCUT2D eigenvalue weighted by Crippen LogP contribution is 2.14. The number of rotatable bonds is 10.